The van der Waals surface area contributed by atoms with Crippen LogP contribution in [0.1, 0.15) is 37.0 Å². The van der Waals surface area contributed by atoms with E-state index in [1.807, 2.05) is 19.9 Å². The molecule has 0 bridgehead atoms. The van der Waals surface area contributed by atoms with Crippen LogP contribution >= 0.6 is 11.8 Å². The number of thioether (sulfide) groups is 1. The molecule has 1 N–H and O–H groups in total. The molecule has 118 valence electrons. The normalized spacial score (nSPS) is 19.9. The van der Waals surface area contributed by atoms with E-state index >= 15 is 0 Å². The number of rotatable bonds is 5. The fraction of sp³-hybridized carbons (Fsp3) is 0.438. The summed E-state index contributed by atoms with van der Waals surface area (Å²) in [5.74, 6) is -1.02. The molecule has 1 aliphatic rings. The molecule has 2 rings (SSSR count). The maximum Gasteiger partial charge on any atom is 0.327 e. The summed E-state index contributed by atoms with van der Waals surface area (Å²) in [5.41, 5.74) is 0.570. The Morgan fingerprint density at radius 2 is 1.86 bits per heavy atom. The van der Waals surface area contributed by atoms with Crippen LogP contribution in [0, 0.1) is 0 Å². The zero-order chi connectivity index (χ0) is 16.3. The second-order valence-corrected chi connectivity index (χ2v) is 7.29. The van der Waals surface area contributed by atoms with Crippen molar-refractivity contribution in [3.63, 3.8) is 0 Å². The molecular formula is C16H19NO4S. The van der Waals surface area contributed by atoms with Crippen molar-refractivity contribution in [3.05, 3.63) is 35.9 Å². The van der Waals surface area contributed by atoms with Crippen LogP contribution in [0.5, 0.6) is 0 Å². The molecule has 0 radical (unpaired) electrons. The molecule has 1 aromatic rings. The highest BCUT2D eigenvalue weighted by atomic mass is 32.2. The van der Waals surface area contributed by atoms with Crippen LogP contribution in [0.4, 0.5) is 0 Å². The van der Waals surface area contributed by atoms with Crippen molar-refractivity contribution in [1.82, 2.24) is 4.90 Å². The molecule has 22 heavy (non-hydrogen) atoms. The molecular weight excluding hydrogens is 302 g/mol. The Morgan fingerprint density at radius 3 is 2.45 bits per heavy atom. The number of hydrogen-bond donors (Lipinski definition) is 1. The summed E-state index contributed by atoms with van der Waals surface area (Å²) in [4.78, 5) is 36.6. The SMILES string of the molecule is CC1(C)SC[C@@H](C(=O)O)N1C(=O)CCC(=O)c1ccccc1. The molecule has 1 atom stereocenters. The van der Waals surface area contributed by atoms with Gasteiger partial charge in [0.1, 0.15) is 6.04 Å². The van der Waals surface area contributed by atoms with Gasteiger partial charge in [0.15, 0.2) is 5.78 Å². The van der Waals surface area contributed by atoms with Gasteiger partial charge in [-0.15, -0.1) is 11.8 Å². The topological polar surface area (TPSA) is 74.7 Å². The van der Waals surface area contributed by atoms with Crippen molar-refractivity contribution >= 4 is 29.4 Å². The number of carboxylic acids is 1. The summed E-state index contributed by atoms with van der Waals surface area (Å²) in [6.07, 6.45) is 0.119. The molecule has 6 heteroatoms. The average molecular weight is 321 g/mol. The van der Waals surface area contributed by atoms with Gasteiger partial charge in [-0.25, -0.2) is 4.79 Å². The third-order valence-electron chi connectivity index (χ3n) is 3.70. The minimum atomic E-state index is -0.999. The predicted molar refractivity (Wildman–Crippen MR) is 84.8 cm³/mol. The van der Waals surface area contributed by atoms with Gasteiger partial charge in [-0.3, -0.25) is 9.59 Å². The number of ketones is 1. The number of nitrogens with zero attached hydrogens (tertiary/aromatic N) is 1. The maximum atomic E-state index is 12.4. The lowest BCUT2D eigenvalue weighted by Gasteiger charge is -2.33. The lowest BCUT2D eigenvalue weighted by atomic mass is 10.1. The Hall–Kier alpha value is -1.82. The summed E-state index contributed by atoms with van der Waals surface area (Å²) < 4.78 is 0. The molecule has 5 nitrogen and oxygen atoms in total. The zero-order valence-corrected chi connectivity index (χ0v) is 13.4. The van der Waals surface area contributed by atoms with E-state index in [-0.39, 0.29) is 24.5 Å². The van der Waals surface area contributed by atoms with Gasteiger partial charge in [0.05, 0.1) is 4.87 Å². The van der Waals surface area contributed by atoms with E-state index in [9.17, 15) is 19.5 Å². The molecule has 1 saturated heterocycles. The molecule has 0 saturated carbocycles. The van der Waals surface area contributed by atoms with Gasteiger partial charge in [0.2, 0.25) is 5.91 Å². The molecule has 0 spiro atoms. The quantitative estimate of drug-likeness (QED) is 0.843. The lowest BCUT2D eigenvalue weighted by Crippen LogP contribution is -2.49. The van der Waals surface area contributed by atoms with E-state index in [1.54, 1.807) is 24.3 Å². The van der Waals surface area contributed by atoms with E-state index in [1.165, 1.54) is 16.7 Å². The van der Waals surface area contributed by atoms with Gasteiger partial charge >= 0.3 is 5.97 Å². The predicted octanol–water partition coefficient (Wildman–Crippen LogP) is 2.41. The van der Waals surface area contributed by atoms with Gasteiger partial charge in [0.25, 0.3) is 0 Å². The number of aliphatic carboxylic acids is 1. The van der Waals surface area contributed by atoms with Crippen molar-refractivity contribution in [2.45, 2.75) is 37.6 Å². The average Bonchev–Trinajstić information content (AvgIpc) is 2.81. The van der Waals surface area contributed by atoms with Gasteiger partial charge in [-0.05, 0) is 13.8 Å². The van der Waals surface area contributed by atoms with Gasteiger partial charge < -0.3 is 10.0 Å². The van der Waals surface area contributed by atoms with E-state index in [4.69, 9.17) is 0 Å². The fourth-order valence-electron chi connectivity index (χ4n) is 2.57. The molecule has 1 aliphatic heterocycles. The van der Waals surface area contributed by atoms with Gasteiger partial charge in [-0.1, -0.05) is 30.3 Å². The molecule has 1 aromatic carbocycles. The van der Waals surface area contributed by atoms with Crippen LogP contribution < -0.4 is 0 Å². The summed E-state index contributed by atoms with van der Waals surface area (Å²) in [6.45, 7) is 3.66. The summed E-state index contributed by atoms with van der Waals surface area (Å²) >= 11 is 1.44. The number of amides is 1. The number of carboxylic acid groups (broad SMARTS) is 1. The number of Topliss-reactive ketones (excluding diaryl/α,β-unsaturated/α-hetero) is 1. The molecule has 0 aliphatic carbocycles. The van der Waals surface area contributed by atoms with Crippen LogP contribution in [0.3, 0.4) is 0 Å². The van der Waals surface area contributed by atoms with Gasteiger partial charge in [0, 0.05) is 24.2 Å². The van der Waals surface area contributed by atoms with Crippen molar-refractivity contribution in [2.75, 3.05) is 5.75 Å². The Labute approximate surface area is 133 Å². The van der Waals surface area contributed by atoms with Crippen LogP contribution in [-0.2, 0) is 9.59 Å². The largest absolute Gasteiger partial charge is 0.480 e. The van der Waals surface area contributed by atoms with E-state index in [2.05, 4.69) is 0 Å². The molecule has 0 aromatic heterocycles. The molecule has 0 unspecified atom stereocenters. The van der Waals surface area contributed by atoms with Crippen molar-refractivity contribution < 1.29 is 19.5 Å². The van der Waals surface area contributed by atoms with Crippen LogP contribution in [0.25, 0.3) is 0 Å². The Morgan fingerprint density at radius 1 is 1.23 bits per heavy atom. The Kier molecular flexibility index (Phi) is 4.90. The second-order valence-electron chi connectivity index (χ2n) is 5.66. The highest BCUT2D eigenvalue weighted by Gasteiger charge is 2.46. The van der Waals surface area contributed by atoms with Crippen LogP contribution in [0.2, 0.25) is 0 Å². The summed E-state index contributed by atoms with van der Waals surface area (Å²) in [6, 6.07) is 7.97. The monoisotopic (exact) mass is 321 g/mol. The second kappa shape index (κ2) is 6.52. The first-order valence-electron chi connectivity index (χ1n) is 7.10. The maximum absolute atomic E-state index is 12.4. The Bertz CT molecular complexity index is 585. The van der Waals surface area contributed by atoms with Crippen molar-refractivity contribution in [2.24, 2.45) is 0 Å². The number of carbonyl (C=O) groups is 3. The Balaban J connectivity index is 2.02. The van der Waals surface area contributed by atoms with Crippen molar-refractivity contribution in [1.29, 1.82) is 0 Å². The van der Waals surface area contributed by atoms with Crippen LogP contribution in [0.15, 0.2) is 30.3 Å². The summed E-state index contributed by atoms with van der Waals surface area (Å²) in [7, 11) is 0. The van der Waals surface area contributed by atoms with Crippen LogP contribution in [-0.4, -0.2) is 44.3 Å². The summed E-state index contributed by atoms with van der Waals surface area (Å²) in [5, 5.41) is 9.25. The molecule has 1 heterocycles. The lowest BCUT2D eigenvalue weighted by molar-refractivity contribution is -0.150. The molecule has 1 amide bonds. The minimum absolute atomic E-state index is 0.0293. The zero-order valence-electron chi connectivity index (χ0n) is 12.6. The minimum Gasteiger partial charge on any atom is -0.480 e. The third kappa shape index (κ3) is 3.50. The van der Waals surface area contributed by atoms with Crippen molar-refractivity contribution in [3.8, 4) is 0 Å². The first kappa shape index (κ1) is 16.5. The van der Waals surface area contributed by atoms with E-state index in [0.29, 0.717) is 11.3 Å². The highest BCUT2D eigenvalue weighted by Crippen LogP contribution is 2.39. The third-order valence-corrected chi connectivity index (χ3v) is 5.09. The van der Waals surface area contributed by atoms with E-state index in [0.717, 1.165) is 0 Å². The first-order chi connectivity index (χ1) is 10.3. The number of benzene rings is 1. The highest BCUT2D eigenvalue weighted by molar-refractivity contribution is 8.00. The van der Waals surface area contributed by atoms with E-state index < -0.39 is 16.9 Å². The first-order valence-corrected chi connectivity index (χ1v) is 8.08. The number of hydrogen-bond acceptors (Lipinski definition) is 4. The molecule has 1 fully saturated rings. The number of carbonyl (C=O) groups excluding carboxylic acids is 2. The fourth-order valence-corrected chi connectivity index (χ4v) is 3.79. The standard InChI is InChI=1S/C16H19NO4S/c1-16(2)17(12(10-22-16)15(20)21)14(19)9-8-13(18)11-6-4-3-5-7-11/h3-7,12H,8-10H2,1-2H3,(H,20,21)/t12-/m0/s1. The smallest absolute Gasteiger partial charge is 0.327 e. The van der Waals surface area contributed by atoms with Gasteiger partial charge in [-0.2, -0.15) is 0 Å².